The fourth-order valence-corrected chi connectivity index (χ4v) is 2.74. The molecule has 0 radical (unpaired) electrons. The van der Waals surface area contributed by atoms with Crippen LogP contribution >= 0.6 is 15.9 Å². The van der Waals surface area contributed by atoms with Crippen molar-refractivity contribution >= 4 is 20.7 Å². The molecule has 2 aliphatic heterocycles. The average Bonchev–Trinajstić information content (AvgIpc) is 2.80. The Morgan fingerprint density at radius 2 is 2.06 bits per heavy atom. The van der Waals surface area contributed by atoms with Crippen LogP contribution in [0.1, 0.15) is 18.0 Å². The van der Waals surface area contributed by atoms with Gasteiger partial charge in [0.25, 0.3) is 0 Å². The molecule has 90 valence electrons. The maximum Gasteiger partial charge on any atom is 0.182 e. The molecule has 1 fully saturated rings. The normalized spacial score (nSPS) is 32.2. The lowest BCUT2D eigenvalue weighted by atomic mass is 10.0. The Kier molecular flexibility index (Phi) is 2.63. The molecule has 1 aromatic carbocycles. The van der Waals surface area contributed by atoms with Crippen LogP contribution in [0.4, 0.5) is 8.78 Å². The van der Waals surface area contributed by atoms with Gasteiger partial charge in [-0.25, -0.2) is 13.8 Å². The standard InChI is InChI=1S/C11H10BrF2N3/c12-11-15-10-8(14)5-9(17(10)16-11)6-1-3-7(13)4-2-6/h1-4,8-10H,5H2,(H,15,16). The van der Waals surface area contributed by atoms with E-state index in [4.69, 9.17) is 0 Å². The van der Waals surface area contributed by atoms with Crippen molar-refractivity contribution in [1.29, 1.82) is 0 Å². The second kappa shape index (κ2) is 4.03. The van der Waals surface area contributed by atoms with E-state index in [1.807, 2.05) is 0 Å². The van der Waals surface area contributed by atoms with Crippen molar-refractivity contribution in [3.63, 3.8) is 0 Å². The largest absolute Gasteiger partial charge is 0.295 e. The summed E-state index contributed by atoms with van der Waals surface area (Å²) >= 11 is 3.20. The Morgan fingerprint density at radius 3 is 2.76 bits per heavy atom. The third kappa shape index (κ3) is 1.85. The highest BCUT2D eigenvalue weighted by atomic mass is 79.9. The van der Waals surface area contributed by atoms with Gasteiger partial charge in [0.2, 0.25) is 0 Å². The first kappa shape index (κ1) is 11.1. The maximum absolute atomic E-state index is 13.8. The molecule has 3 rings (SSSR count). The molecule has 17 heavy (non-hydrogen) atoms. The van der Waals surface area contributed by atoms with Crippen LogP contribution in [-0.4, -0.2) is 22.1 Å². The van der Waals surface area contributed by atoms with Crippen LogP contribution in [0.5, 0.6) is 0 Å². The van der Waals surface area contributed by atoms with E-state index in [0.29, 0.717) is 11.2 Å². The van der Waals surface area contributed by atoms with Crippen molar-refractivity contribution in [2.75, 3.05) is 0 Å². The molecule has 3 unspecified atom stereocenters. The monoisotopic (exact) mass is 301 g/mol. The number of benzene rings is 1. The fraction of sp³-hybridized carbons (Fsp3) is 0.364. The van der Waals surface area contributed by atoms with E-state index in [9.17, 15) is 8.78 Å². The summed E-state index contributed by atoms with van der Waals surface area (Å²) in [5, 5.41) is 1.77. The van der Waals surface area contributed by atoms with Gasteiger partial charge in [-0.3, -0.25) is 5.43 Å². The number of nitrogens with zero attached hydrogens (tertiary/aromatic N) is 2. The summed E-state index contributed by atoms with van der Waals surface area (Å²) in [5.74, 6) is -0.285. The average molecular weight is 302 g/mol. The zero-order valence-electron chi connectivity index (χ0n) is 8.78. The molecular formula is C11H10BrF2N3. The lowest BCUT2D eigenvalue weighted by Gasteiger charge is -2.22. The van der Waals surface area contributed by atoms with Gasteiger partial charge in [-0.05, 0) is 33.6 Å². The predicted octanol–water partition coefficient (Wildman–Crippen LogP) is 2.51. The number of hydrogen-bond acceptors (Lipinski definition) is 3. The summed E-state index contributed by atoms with van der Waals surface area (Å²) in [7, 11) is 0. The zero-order chi connectivity index (χ0) is 12.0. The Labute approximate surface area is 106 Å². The van der Waals surface area contributed by atoms with Gasteiger partial charge in [0.05, 0.1) is 6.04 Å². The molecule has 1 aromatic rings. The summed E-state index contributed by atoms with van der Waals surface area (Å²) in [4.78, 5) is 4.12. The summed E-state index contributed by atoms with van der Waals surface area (Å²) in [6.45, 7) is 0. The van der Waals surface area contributed by atoms with Gasteiger partial charge in [-0.2, -0.15) is 5.01 Å². The van der Waals surface area contributed by atoms with Crippen molar-refractivity contribution in [1.82, 2.24) is 10.4 Å². The van der Waals surface area contributed by atoms with Crippen LogP contribution in [0.2, 0.25) is 0 Å². The number of amidine groups is 1. The van der Waals surface area contributed by atoms with Gasteiger partial charge in [-0.1, -0.05) is 12.1 Å². The Morgan fingerprint density at radius 1 is 1.35 bits per heavy atom. The van der Waals surface area contributed by atoms with E-state index < -0.39 is 12.3 Å². The third-order valence-corrected chi connectivity index (χ3v) is 3.50. The molecule has 3 atom stereocenters. The van der Waals surface area contributed by atoms with Gasteiger partial charge in [-0.15, -0.1) is 0 Å². The first-order valence-corrected chi connectivity index (χ1v) is 6.12. The van der Waals surface area contributed by atoms with Crippen molar-refractivity contribution in [3.05, 3.63) is 35.6 Å². The molecule has 1 saturated heterocycles. The van der Waals surface area contributed by atoms with E-state index in [0.717, 1.165) is 5.56 Å². The molecule has 0 aromatic heterocycles. The molecule has 3 nitrogen and oxygen atoms in total. The minimum atomic E-state index is -1.01. The van der Waals surface area contributed by atoms with E-state index in [2.05, 4.69) is 26.3 Å². The third-order valence-electron chi connectivity index (χ3n) is 3.11. The summed E-state index contributed by atoms with van der Waals surface area (Å²) in [5.41, 5.74) is 3.87. The van der Waals surface area contributed by atoms with Gasteiger partial charge in [0.15, 0.2) is 10.9 Å². The topological polar surface area (TPSA) is 27.6 Å². The van der Waals surface area contributed by atoms with Gasteiger partial charge in [0, 0.05) is 6.42 Å². The molecule has 1 N–H and O–H groups in total. The smallest absolute Gasteiger partial charge is 0.182 e. The van der Waals surface area contributed by atoms with Crippen molar-refractivity contribution < 1.29 is 8.78 Å². The molecular weight excluding hydrogens is 292 g/mol. The first-order valence-electron chi connectivity index (χ1n) is 5.33. The van der Waals surface area contributed by atoms with Crippen LogP contribution < -0.4 is 5.43 Å². The van der Waals surface area contributed by atoms with Gasteiger partial charge in [0.1, 0.15) is 12.0 Å². The highest BCUT2D eigenvalue weighted by molar-refractivity contribution is 9.18. The maximum atomic E-state index is 13.8. The van der Waals surface area contributed by atoms with Crippen LogP contribution in [0.15, 0.2) is 29.3 Å². The molecule has 0 saturated carbocycles. The number of fused-ring (bicyclic) bond motifs is 1. The SMILES string of the molecule is Fc1ccc(C2CC(F)C3N=C(Br)NN23)cc1. The van der Waals surface area contributed by atoms with E-state index in [-0.39, 0.29) is 11.9 Å². The summed E-state index contributed by atoms with van der Waals surface area (Å²) < 4.78 is 27.2. The number of hydrogen-bond donors (Lipinski definition) is 1. The van der Waals surface area contributed by atoms with Crippen molar-refractivity contribution in [3.8, 4) is 0 Å². The predicted molar refractivity (Wildman–Crippen MR) is 63.8 cm³/mol. The zero-order valence-corrected chi connectivity index (χ0v) is 10.4. The Balaban J connectivity index is 1.88. The lowest BCUT2D eigenvalue weighted by Crippen LogP contribution is -2.38. The highest BCUT2D eigenvalue weighted by Crippen LogP contribution is 2.39. The molecule has 0 amide bonds. The van der Waals surface area contributed by atoms with E-state index in [1.165, 1.54) is 12.1 Å². The van der Waals surface area contributed by atoms with Crippen LogP contribution in [-0.2, 0) is 0 Å². The molecule has 6 heteroatoms. The van der Waals surface area contributed by atoms with Gasteiger partial charge >= 0.3 is 0 Å². The number of alkyl halides is 1. The van der Waals surface area contributed by atoms with Crippen LogP contribution in [0, 0.1) is 5.82 Å². The number of rotatable bonds is 1. The number of aliphatic imine (C=N–C) groups is 1. The van der Waals surface area contributed by atoms with E-state index in [1.54, 1.807) is 17.1 Å². The van der Waals surface area contributed by atoms with Gasteiger partial charge < -0.3 is 0 Å². The highest BCUT2D eigenvalue weighted by Gasteiger charge is 2.45. The first-order chi connectivity index (χ1) is 8.15. The molecule has 0 bridgehead atoms. The second-order valence-electron chi connectivity index (χ2n) is 4.17. The molecule has 2 aliphatic rings. The lowest BCUT2D eigenvalue weighted by molar-refractivity contribution is 0.160. The molecule has 2 heterocycles. The fourth-order valence-electron chi connectivity index (χ4n) is 2.33. The number of hydrazine groups is 1. The quantitative estimate of drug-likeness (QED) is 0.807. The van der Waals surface area contributed by atoms with Crippen LogP contribution in [0.3, 0.4) is 0 Å². The van der Waals surface area contributed by atoms with Crippen molar-refractivity contribution in [2.24, 2.45) is 4.99 Å². The molecule has 0 spiro atoms. The van der Waals surface area contributed by atoms with Crippen LogP contribution in [0.25, 0.3) is 0 Å². The van der Waals surface area contributed by atoms with Crippen molar-refractivity contribution in [2.45, 2.75) is 24.8 Å². The molecule has 0 aliphatic carbocycles. The summed E-state index contributed by atoms with van der Waals surface area (Å²) in [6.07, 6.45) is -1.13. The second-order valence-corrected chi connectivity index (χ2v) is 4.92. The number of halogens is 3. The summed E-state index contributed by atoms with van der Waals surface area (Å²) in [6, 6.07) is 6.03. The minimum Gasteiger partial charge on any atom is -0.295 e. The minimum absolute atomic E-state index is 0.116. The Hall–Kier alpha value is -1.01. The Bertz CT molecular complexity index is 462. The van der Waals surface area contributed by atoms with E-state index >= 15 is 0 Å². The number of nitrogens with one attached hydrogen (secondary N) is 1.